The molecule has 0 saturated heterocycles. The first kappa shape index (κ1) is 22.3. The lowest BCUT2D eigenvalue weighted by atomic mass is 10.0. The van der Waals surface area contributed by atoms with Crippen LogP contribution in [0.1, 0.15) is 48.2 Å². The molecule has 1 aliphatic rings. The number of fused-ring (bicyclic) bond motifs is 1. The van der Waals surface area contributed by atoms with Crippen molar-refractivity contribution in [2.24, 2.45) is 0 Å². The smallest absolute Gasteiger partial charge is 0.375 e. The maximum atomic E-state index is 13.7. The third-order valence-corrected chi connectivity index (χ3v) is 6.84. The van der Waals surface area contributed by atoms with E-state index in [1.165, 1.54) is 32.1 Å². The molecule has 1 amide bonds. The number of anilines is 1. The molecule has 0 radical (unpaired) electrons. The number of ether oxygens (including phenoxy) is 1. The normalized spacial score (nSPS) is 14.4. The highest BCUT2D eigenvalue weighted by molar-refractivity contribution is 7.99. The number of nitrogens with one attached hydrogen (secondary N) is 1. The number of carbonyl (C=O) groups is 2. The van der Waals surface area contributed by atoms with Crippen LogP contribution in [0.4, 0.5) is 14.5 Å². The van der Waals surface area contributed by atoms with Crippen LogP contribution in [0.5, 0.6) is 0 Å². The van der Waals surface area contributed by atoms with E-state index < -0.39 is 30.1 Å². The Morgan fingerprint density at radius 2 is 1.88 bits per heavy atom. The van der Waals surface area contributed by atoms with Gasteiger partial charge in [-0.25, -0.2) is 13.6 Å². The minimum atomic E-state index is -0.913. The van der Waals surface area contributed by atoms with E-state index in [2.05, 4.69) is 5.32 Å². The molecule has 0 atom stereocenters. The van der Waals surface area contributed by atoms with Crippen LogP contribution in [0.15, 0.2) is 46.9 Å². The Morgan fingerprint density at radius 3 is 2.66 bits per heavy atom. The van der Waals surface area contributed by atoms with Crippen molar-refractivity contribution in [1.29, 1.82) is 0 Å². The number of benzene rings is 2. The average molecular weight is 460 g/mol. The summed E-state index contributed by atoms with van der Waals surface area (Å²) in [5.74, 6) is -2.47. The second-order valence-corrected chi connectivity index (χ2v) is 9.01. The Balaban J connectivity index is 1.43. The highest BCUT2D eigenvalue weighted by Crippen LogP contribution is 2.35. The molecule has 0 bridgehead atoms. The summed E-state index contributed by atoms with van der Waals surface area (Å²) >= 11 is 1.81. The molecule has 1 fully saturated rings. The molecule has 0 unspecified atom stereocenters. The maximum Gasteiger partial charge on any atom is 0.375 e. The van der Waals surface area contributed by atoms with Gasteiger partial charge in [0.2, 0.25) is 5.76 Å². The summed E-state index contributed by atoms with van der Waals surface area (Å²) in [6.07, 6.45) is 6.05. The Labute approximate surface area is 188 Å². The van der Waals surface area contributed by atoms with Crippen LogP contribution in [0, 0.1) is 11.6 Å². The van der Waals surface area contributed by atoms with Crippen molar-refractivity contribution in [1.82, 2.24) is 0 Å². The monoisotopic (exact) mass is 459 g/mol. The Bertz CT molecular complexity index is 1120. The summed E-state index contributed by atoms with van der Waals surface area (Å²) in [5.41, 5.74) is 1.14. The second kappa shape index (κ2) is 10.2. The van der Waals surface area contributed by atoms with E-state index in [4.69, 9.17) is 9.15 Å². The Kier molecular flexibility index (Phi) is 7.09. The fourth-order valence-corrected chi connectivity index (χ4v) is 5.17. The lowest BCUT2D eigenvalue weighted by Gasteiger charge is -2.20. The van der Waals surface area contributed by atoms with E-state index in [1.54, 1.807) is 6.07 Å². The number of furan rings is 1. The highest BCUT2D eigenvalue weighted by Gasteiger charge is 2.24. The van der Waals surface area contributed by atoms with Crippen LogP contribution in [0.2, 0.25) is 0 Å². The minimum Gasteiger partial charge on any atom is -0.450 e. The van der Waals surface area contributed by atoms with E-state index in [-0.39, 0.29) is 11.4 Å². The van der Waals surface area contributed by atoms with Gasteiger partial charge in [-0.3, -0.25) is 4.79 Å². The molecule has 168 valence electrons. The maximum absolute atomic E-state index is 13.7. The number of amides is 1. The fraction of sp³-hybridized carbons (Fsp3) is 0.333. The van der Waals surface area contributed by atoms with Crippen LogP contribution in [-0.4, -0.2) is 23.7 Å². The molecular formula is C24H23F2NO4S. The average Bonchev–Trinajstić information content (AvgIpc) is 3.17. The molecule has 1 aromatic heterocycles. The van der Waals surface area contributed by atoms with Crippen molar-refractivity contribution in [3.05, 3.63) is 65.4 Å². The molecule has 32 heavy (non-hydrogen) atoms. The van der Waals surface area contributed by atoms with Crippen molar-refractivity contribution < 1.29 is 27.5 Å². The summed E-state index contributed by atoms with van der Waals surface area (Å²) in [6, 6.07) is 10.2. The summed E-state index contributed by atoms with van der Waals surface area (Å²) in [7, 11) is 0. The topological polar surface area (TPSA) is 68.5 Å². The van der Waals surface area contributed by atoms with Gasteiger partial charge in [-0.1, -0.05) is 37.5 Å². The van der Waals surface area contributed by atoms with Crippen LogP contribution in [0.3, 0.4) is 0 Å². The molecule has 1 heterocycles. The summed E-state index contributed by atoms with van der Waals surface area (Å²) in [6.45, 7) is -0.623. The SMILES string of the molecule is O=C(COC(=O)c1oc2ccccc2c1CSC1CCCCC1)Nc1ccc(F)cc1F. The first-order chi connectivity index (χ1) is 15.5. The van der Waals surface area contributed by atoms with Crippen LogP contribution >= 0.6 is 11.8 Å². The molecule has 1 aliphatic carbocycles. The number of carbonyl (C=O) groups excluding carboxylic acids is 2. The van der Waals surface area contributed by atoms with Gasteiger partial charge < -0.3 is 14.5 Å². The molecule has 5 nitrogen and oxygen atoms in total. The van der Waals surface area contributed by atoms with Crippen molar-refractivity contribution in [3.8, 4) is 0 Å². The highest BCUT2D eigenvalue weighted by atomic mass is 32.2. The predicted octanol–water partition coefficient (Wildman–Crippen LogP) is 6.07. The molecule has 0 spiro atoms. The first-order valence-corrected chi connectivity index (χ1v) is 11.6. The molecule has 0 aliphatic heterocycles. The first-order valence-electron chi connectivity index (χ1n) is 10.6. The van der Waals surface area contributed by atoms with E-state index in [0.717, 1.165) is 23.1 Å². The molecular weight excluding hydrogens is 436 g/mol. The van der Waals surface area contributed by atoms with Gasteiger partial charge in [-0.15, -0.1) is 0 Å². The number of hydrogen-bond donors (Lipinski definition) is 1. The zero-order valence-corrected chi connectivity index (χ0v) is 18.2. The number of hydrogen-bond acceptors (Lipinski definition) is 5. The van der Waals surface area contributed by atoms with Gasteiger partial charge in [0.25, 0.3) is 5.91 Å². The van der Waals surface area contributed by atoms with Gasteiger partial charge in [-0.05, 0) is 31.0 Å². The number of para-hydroxylation sites is 1. The predicted molar refractivity (Wildman–Crippen MR) is 120 cm³/mol. The van der Waals surface area contributed by atoms with Crippen LogP contribution in [0.25, 0.3) is 11.0 Å². The number of halogens is 2. The van der Waals surface area contributed by atoms with E-state index in [1.807, 2.05) is 30.0 Å². The van der Waals surface area contributed by atoms with Gasteiger partial charge in [0.1, 0.15) is 17.2 Å². The minimum absolute atomic E-state index is 0.0790. The van der Waals surface area contributed by atoms with Crippen molar-refractivity contribution in [3.63, 3.8) is 0 Å². The number of thioether (sulfide) groups is 1. The van der Waals surface area contributed by atoms with Gasteiger partial charge >= 0.3 is 5.97 Å². The summed E-state index contributed by atoms with van der Waals surface area (Å²) in [4.78, 5) is 24.8. The largest absolute Gasteiger partial charge is 0.450 e. The molecule has 4 rings (SSSR count). The zero-order chi connectivity index (χ0) is 22.5. The van der Waals surface area contributed by atoms with Crippen molar-refractivity contribution >= 4 is 40.3 Å². The summed E-state index contributed by atoms with van der Waals surface area (Å²) in [5, 5.41) is 3.66. The quantitative estimate of drug-likeness (QED) is 0.434. The van der Waals surface area contributed by atoms with Crippen LogP contribution < -0.4 is 5.32 Å². The Hall–Kier alpha value is -2.87. The molecule has 3 aromatic rings. The number of rotatable bonds is 7. The molecule has 2 aromatic carbocycles. The molecule has 8 heteroatoms. The van der Waals surface area contributed by atoms with E-state index >= 15 is 0 Å². The Morgan fingerprint density at radius 1 is 1.09 bits per heavy atom. The van der Waals surface area contributed by atoms with Crippen molar-refractivity contribution in [2.45, 2.75) is 43.1 Å². The van der Waals surface area contributed by atoms with E-state index in [9.17, 15) is 18.4 Å². The van der Waals surface area contributed by atoms with Gasteiger partial charge in [0, 0.05) is 28.0 Å². The number of esters is 1. The van der Waals surface area contributed by atoms with E-state index in [0.29, 0.717) is 22.7 Å². The lowest BCUT2D eigenvalue weighted by molar-refractivity contribution is -0.119. The summed E-state index contributed by atoms with van der Waals surface area (Å²) < 4.78 is 37.6. The lowest BCUT2D eigenvalue weighted by Crippen LogP contribution is -2.21. The standard InChI is InChI=1S/C24H23F2NO4S/c25-15-10-11-20(19(26)12-15)27-22(28)13-30-24(29)23-18(14-32-16-6-2-1-3-7-16)17-8-4-5-9-21(17)31-23/h4-5,8-12,16H,1-3,6-7,13-14H2,(H,27,28). The third kappa shape index (κ3) is 5.30. The zero-order valence-electron chi connectivity index (χ0n) is 17.4. The molecule has 1 N–H and O–H groups in total. The second-order valence-electron chi connectivity index (χ2n) is 7.73. The van der Waals surface area contributed by atoms with Crippen molar-refractivity contribution in [2.75, 3.05) is 11.9 Å². The van der Waals surface area contributed by atoms with Gasteiger partial charge in [0.15, 0.2) is 6.61 Å². The van der Waals surface area contributed by atoms with Gasteiger partial charge in [-0.2, -0.15) is 11.8 Å². The van der Waals surface area contributed by atoms with Crippen LogP contribution in [-0.2, 0) is 15.3 Å². The molecule has 1 saturated carbocycles. The van der Waals surface area contributed by atoms with Gasteiger partial charge in [0.05, 0.1) is 5.69 Å². The third-order valence-electron chi connectivity index (χ3n) is 5.44. The fourth-order valence-electron chi connectivity index (χ4n) is 3.81.